The second-order valence-corrected chi connectivity index (χ2v) is 8.78. The number of nitrogens with zero attached hydrogens (tertiary/aromatic N) is 8. The Morgan fingerprint density at radius 1 is 1.00 bits per heavy atom. The van der Waals surface area contributed by atoms with E-state index in [1.165, 1.54) is 11.7 Å². The molecule has 0 N–H and O–H groups in total. The lowest BCUT2D eigenvalue weighted by molar-refractivity contribution is 0.0277. The van der Waals surface area contributed by atoms with Gasteiger partial charge in [-0.2, -0.15) is 15.0 Å². The Labute approximate surface area is 206 Å². The number of carbonyl (C=O) groups is 1. The molecule has 0 aliphatic carbocycles. The zero-order valence-corrected chi connectivity index (χ0v) is 20.3. The van der Waals surface area contributed by atoms with Crippen molar-refractivity contribution in [2.75, 3.05) is 56.2 Å². The quantitative estimate of drug-likeness (QED) is 0.533. The predicted octanol–water partition coefficient (Wildman–Crippen LogP) is 2.65. The van der Waals surface area contributed by atoms with Gasteiger partial charge in [0.15, 0.2) is 5.82 Å². The molecule has 1 amide bonds. The third-order valence-corrected chi connectivity index (χ3v) is 6.72. The van der Waals surface area contributed by atoms with Crippen molar-refractivity contribution in [3.05, 3.63) is 30.1 Å². The molecule has 0 saturated carbocycles. The Morgan fingerprint density at radius 3 is 2.42 bits per heavy atom. The van der Waals surface area contributed by atoms with Crippen molar-refractivity contribution in [2.45, 2.75) is 32.4 Å². The van der Waals surface area contributed by atoms with Gasteiger partial charge in [-0.1, -0.05) is 12.1 Å². The molecule has 4 heterocycles. The number of carbonyl (C=O) groups excluding carboxylic acids is 1. The van der Waals surface area contributed by atoms with E-state index in [2.05, 4.69) is 15.0 Å². The Hall–Kier alpha value is -3.61. The summed E-state index contributed by atoms with van der Waals surface area (Å²) in [5.41, 5.74) is 0.908. The van der Waals surface area contributed by atoms with Crippen LogP contribution in [0.4, 0.5) is 25.5 Å². The zero-order valence-electron chi connectivity index (χ0n) is 20.3. The highest BCUT2D eigenvalue weighted by Crippen LogP contribution is 2.29. The fourth-order valence-electron chi connectivity index (χ4n) is 4.55. The molecule has 0 unspecified atom stereocenters. The van der Waals surface area contributed by atoms with Crippen LogP contribution in [-0.2, 0) is 9.47 Å². The summed E-state index contributed by atoms with van der Waals surface area (Å²) in [6.07, 6.45) is -3.28. The summed E-state index contributed by atoms with van der Waals surface area (Å²) >= 11 is 0. The molecule has 2 saturated heterocycles. The number of hydrogen-bond donors (Lipinski definition) is 0. The molecule has 11 nitrogen and oxygen atoms in total. The van der Waals surface area contributed by atoms with Crippen LogP contribution in [0, 0.1) is 0 Å². The van der Waals surface area contributed by atoms with Crippen LogP contribution in [0.25, 0.3) is 17.0 Å². The number of amides is 1. The van der Waals surface area contributed by atoms with Gasteiger partial charge in [0.2, 0.25) is 17.8 Å². The van der Waals surface area contributed by atoms with Crippen molar-refractivity contribution >= 4 is 29.0 Å². The first-order chi connectivity index (χ1) is 17.4. The van der Waals surface area contributed by atoms with Gasteiger partial charge in [-0.3, -0.25) is 4.57 Å². The van der Waals surface area contributed by atoms with Crippen LogP contribution >= 0.6 is 0 Å². The van der Waals surface area contributed by atoms with Gasteiger partial charge in [0, 0.05) is 32.7 Å². The monoisotopic (exact) mass is 502 g/mol. The number of morpholine rings is 1. The number of methoxy groups -OCH3 is 1. The molecule has 0 spiro atoms. The average molecular weight is 503 g/mol. The third-order valence-electron chi connectivity index (χ3n) is 6.72. The zero-order chi connectivity index (χ0) is 25.4. The van der Waals surface area contributed by atoms with Gasteiger partial charge in [0.1, 0.15) is 0 Å². The lowest BCUT2D eigenvalue weighted by Gasteiger charge is -2.38. The first kappa shape index (κ1) is 24.1. The van der Waals surface area contributed by atoms with Crippen LogP contribution in [0.2, 0.25) is 0 Å². The van der Waals surface area contributed by atoms with E-state index in [1.807, 2.05) is 23.6 Å². The molecule has 5 rings (SSSR count). The number of rotatable bonds is 4. The number of para-hydroxylation sites is 2. The number of imidazole rings is 1. The van der Waals surface area contributed by atoms with Crippen LogP contribution in [0.5, 0.6) is 0 Å². The van der Waals surface area contributed by atoms with Crippen molar-refractivity contribution in [1.29, 1.82) is 0 Å². The minimum atomic E-state index is -2.83. The van der Waals surface area contributed by atoms with Crippen LogP contribution in [0.1, 0.15) is 26.1 Å². The maximum Gasteiger partial charge on any atom is 0.409 e. The number of hydrogen-bond acceptors (Lipinski definition) is 9. The highest BCUT2D eigenvalue weighted by atomic mass is 19.3. The van der Waals surface area contributed by atoms with E-state index in [-0.39, 0.29) is 18.1 Å². The number of aromatic nitrogens is 5. The molecule has 0 radical (unpaired) electrons. The minimum absolute atomic E-state index is 0.0351. The molecule has 2 aromatic heterocycles. The fourth-order valence-corrected chi connectivity index (χ4v) is 4.55. The van der Waals surface area contributed by atoms with Gasteiger partial charge in [0.25, 0.3) is 6.43 Å². The van der Waals surface area contributed by atoms with Crippen molar-refractivity contribution in [2.24, 2.45) is 0 Å². The molecular formula is C23H28F2N8O3. The number of halogens is 2. The van der Waals surface area contributed by atoms with Crippen LogP contribution in [0.3, 0.4) is 0 Å². The Balaban J connectivity index is 1.60. The number of benzene rings is 1. The molecule has 36 heavy (non-hydrogen) atoms. The summed E-state index contributed by atoms with van der Waals surface area (Å²) in [6.45, 7) is 6.80. The highest BCUT2D eigenvalue weighted by molar-refractivity contribution is 5.77. The van der Waals surface area contributed by atoms with Gasteiger partial charge in [-0.15, -0.1) is 0 Å². The topological polar surface area (TPSA) is 102 Å². The predicted molar refractivity (Wildman–Crippen MR) is 128 cm³/mol. The van der Waals surface area contributed by atoms with Crippen LogP contribution < -0.4 is 9.80 Å². The highest BCUT2D eigenvalue weighted by Gasteiger charge is 2.31. The van der Waals surface area contributed by atoms with E-state index in [0.29, 0.717) is 62.3 Å². The molecule has 2 aliphatic heterocycles. The summed E-state index contributed by atoms with van der Waals surface area (Å²) in [4.78, 5) is 35.6. The smallest absolute Gasteiger partial charge is 0.409 e. The Morgan fingerprint density at radius 2 is 1.69 bits per heavy atom. The van der Waals surface area contributed by atoms with E-state index >= 15 is 0 Å². The SMILES string of the molecule is COC(=O)N1CCN(c2nc(N3CCO[C@@H](C)[C@H]3C)nc(-n3c(C(F)F)nc4ccccc43)n2)CC1. The maximum atomic E-state index is 14.1. The summed E-state index contributed by atoms with van der Waals surface area (Å²) in [5, 5.41) is 0. The standard InChI is InChI=1S/C23H28F2N8O3/c1-14-15(2)36-13-12-32(14)21-27-20(30-8-10-31(11-9-30)23(34)35-3)28-22(29-21)33-17-7-5-4-6-16(17)26-19(33)18(24)25/h4-7,14-15,18H,8-13H2,1-3H3/t14-,15+/m1/s1. The lowest BCUT2D eigenvalue weighted by atomic mass is 10.1. The van der Waals surface area contributed by atoms with Crippen LogP contribution in [-0.4, -0.2) is 94.1 Å². The van der Waals surface area contributed by atoms with Gasteiger partial charge < -0.3 is 24.2 Å². The molecule has 3 aromatic rings. The number of piperazine rings is 1. The number of fused-ring (bicyclic) bond motifs is 1. The molecule has 0 bridgehead atoms. The maximum absolute atomic E-state index is 14.1. The summed E-state index contributed by atoms with van der Waals surface area (Å²) < 4.78 is 40.1. The number of ether oxygens (including phenoxy) is 2. The lowest BCUT2D eigenvalue weighted by Crippen LogP contribution is -2.50. The largest absolute Gasteiger partial charge is 0.453 e. The molecule has 13 heteroatoms. The summed E-state index contributed by atoms with van der Waals surface area (Å²) in [5.74, 6) is 0.369. The minimum Gasteiger partial charge on any atom is -0.453 e. The fraction of sp³-hybridized carbons (Fsp3) is 0.522. The van der Waals surface area contributed by atoms with Gasteiger partial charge in [0.05, 0.1) is 36.9 Å². The van der Waals surface area contributed by atoms with E-state index in [1.54, 1.807) is 29.2 Å². The summed E-state index contributed by atoms with van der Waals surface area (Å²) in [7, 11) is 1.35. The Bertz CT molecular complexity index is 1250. The van der Waals surface area contributed by atoms with E-state index in [0.717, 1.165) is 0 Å². The Kier molecular flexibility index (Phi) is 6.56. The van der Waals surface area contributed by atoms with E-state index in [4.69, 9.17) is 14.5 Å². The van der Waals surface area contributed by atoms with Gasteiger partial charge in [-0.05, 0) is 26.0 Å². The van der Waals surface area contributed by atoms with Crippen molar-refractivity contribution in [3.63, 3.8) is 0 Å². The number of alkyl halides is 2. The molecule has 2 fully saturated rings. The third kappa shape index (κ3) is 4.38. The average Bonchev–Trinajstić information content (AvgIpc) is 3.30. The summed E-state index contributed by atoms with van der Waals surface area (Å²) in [6, 6.07) is 6.87. The van der Waals surface area contributed by atoms with Crippen molar-refractivity contribution < 1.29 is 23.0 Å². The van der Waals surface area contributed by atoms with Crippen molar-refractivity contribution in [1.82, 2.24) is 29.4 Å². The molecule has 2 atom stereocenters. The molecule has 192 valence electrons. The van der Waals surface area contributed by atoms with E-state index < -0.39 is 18.3 Å². The van der Waals surface area contributed by atoms with Gasteiger partial charge in [-0.25, -0.2) is 18.6 Å². The second kappa shape index (κ2) is 9.80. The molecule has 1 aromatic carbocycles. The first-order valence-electron chi connectivity index (χ1n) is 11.9. The van der Waals surface area contributed by atoms with E-state index in [9.17, 15) is 13.6 Å². The van der Waals surface area contributed by atoms with Gasteiger partial charge >= 0.3 is 6.09 Å². The normalized spacial score (nSPS) is 20.9. The molecular weight excluding hydrogens is 474 g/mol. The second-order valence-electron chi connectivity index (χ2n) is 8.78. The number of anilines is 2. The van der Waals surface area contributed by atoms with Crippen LogP contribution in [0.15, 0.2) is 24.3 Å². The first-order valence-corrected chi connectivity index (χ1v) is 11.9. The molecule has 2 aliphatic rings. The van der Waals surface area contributed by atoms with Crippen molar-refractivity contribution in [3.8, 4) is 5.95 Å².